The lowest BCUT2D eigenvalue weighted by Gasteiger charge is -2.36. The fourth-order valence-electron chi connectivity index (χ4n) is 3.90. The van der Waals surface area contributed by atoms with Crippen molar-refractivity contribution < 1.29 is 28.7 Å². The van der Waals surface area contributed by atoms with Crippen LogP contribution >= 0.6 is 0 Å². The summed E-state index contributed by atoms with van der Waals surface area (Å²) in [5.41, 5.74) is 0.390. The van der Waals surface area contributed by atoms with Gasteiger partial charge in [0.2, 0.25) is 5.91 Å². The normalized spacial score (nSPS) is 15.7. The van der Waals surface area contributed by atoms with Crippen LogP contribution in [0.4, 0.5) is 11.4 Å². The number of nitro groups is 1. The summed E-state index contributed by atoms with van der Waals surface area (Å²) >= 11 is 0. The lowest BCUT2D eigenvalue weighted by Crippen LogP contribution is -2.44. The van der Waals surface area contributed by atoms with Crippen LogP contribution in [-0.4, -0.2) is 42.7 Å². The van der Waals surface area contributed by atoms with Crippen molar-refractivity contribution in [1.82, 2.24) is 0 Å². The molecule has 0 aliphatic carbocycles. The summed E-state index contributed by atoms with van der Waals surface area (Å²) in [5.74, 6) is -0.412. The third-order valence-corrected chi connectivity index (χ3v) is 6.05. The van der Waals surface area contributed by atoms with Gasteiger partial charge in [0.25, 0.3) is 5.69 Å². The van der Waals surface area contributed by atoms with E-state index in [0.29, 0.717) is 43.1 Å². The number of rotatable bonds is 9. The molecule has 1 N–H and O–H groups in total. The number of hydrogen-bond donors (Lipinski definition) is 1. The third kappa shape index (κ3) is 5.53. The zero-order valence-corrected chi connectivity index (χ0v) is 19.7. The molecule has 0 saturated carbocycles. The molecule has 34 heavy (non-hydrogen) atoms. The summed E-state index contributed by atoms with van der Waals surface area (Å²) in [7, 11) is 0. The van der Waals surface area contributed by atoms with Crippen LogP contribution in [0.3, 0.4) is 0 Å². The molecular formula is C25H30N2O7. The zero-order chi connectivity index (χ0) is 24.7. The summed E-state index contributed by atoms with van der Waals surface area (Å²) < 4.78 is 16.5. The molecule has 2 aromatic rings. The topological polar surface area (TPSA) is 117 Å². The van der Waals surface area contributed by atoms with E-state index in [1.54, 1.807) is 37.3 Å². The number of benzene rings is 2. The van der Waals surface area contributed by atoms with Crippen molar-refractivity contribution in [3.05, 3.63) is 63.7 Å². The van der Waals surface area contributed by atoms with E-state index in [4.69, 9.17) is 14.2 Å². The number of nitrogens with zero attached hydrogens (tertiary/aromatic N) is 1. The van der Waals surface area contributed by atoms with Crippen LogP contribution in [0.25, 0.3) is 0 Å². The zero-order valence-electron chi connectivity index (χ0n) is 19.7. The molecule has 2 aromatic carbocycles. The summed E-state index contributed by atoms with van der Waals surface area (Å²) in [6, 6.07) is 10.9. The predicted molar refractivity (Wildman–Crippen MR) is 126 cm³/mol. The number of carbonyl (C=O) groups excluding carboxylic acids is 2. The van der Waals surface area contributed by atoms with Crippen LogP contribution in [0, 0.1) is 10.1 Å². The number of non-ortho nitro benzene ring substituents is 1. The minimum absolute atomic E-state index is 0.0395. The molecule has 1 saturated heterocycles. The molecule has 1 heterocycles. The van der Waals surface area contributed by atoms with Crippen LogP contribution in [0.15, 0.2) is 42.5 Å². The monoisotopic (exact) mass is 470 g/mol. The van der Waals surface area contributed by atoms with Crippen LogP contribution in [0.5, 0.6) is 5.75 Å². The highest BCUT2D eigenvalue weighted by molar-refractivity contribution is 6.01. The van der Waals surface area contributed by atoms with Gasteiger partial charge in [-0.25, -0.2) is 4.79 Å². The van der Waals surface area contributed by atoms with Crippen molar-refractivity contribution in [3.63, 3.8) is 0 Å². The van der Waals surface area contributed by atoms with E-state index >= 15 is 0 Å². The Bertz CT molecular complexity index is 1030. The molecule has 1 aliphatic heterocycles. The number of carbonyl (C=O) groups is 2. The second-order valence-corrected chi connectivity index (χ2v) is 8.22. The number of nitrogens with one attached hydrogen (secondary N) is 1. The molecule has 1 fully saturated rings. The smallest absolute Gasteiger partial charge is 0.341 e. The largest absolute Gasteiger partial charge is 0.490 e. The minimum atomic E-state index is -0.913. The van der Waals surface area contributed by atoms with Crippen molar-refractivity contribution in [3.8, 4) is 5.75 Å². The predicted octanol–water partition coefficient (Wildman–Crippen LogP) is 4.64. The first kappa shape index (κ1) is 25.2. The first-order valence-electron chi connectivity index (χ1n) is 11.4. The third-order valence-electron chi connectivity index (χ3n) is 6.05. The van der Waals surface area contributed by atoms with Gasteiger partial charge in [0.05, 0.1) is 23.0 Å². The fraction of sp³-hybridized carbons (Fsp3) is 0.440. The van der Waals surface area contributed by atoms with Gasteiger partial charge >= 0.3 is 5.97 Å². The Hall–Kier alpha value is -3.46. The lowest BCUT2D eigenvalue weighted by molar-refractivity contribution is -0.384. The van der Waals surface area contributed by atoms with Crippen molar-refractivity contribution in [1.29, 1.82) is 0 Å². The van der Waals surface area contributed by atoms with Crippen molar-refractivity contribution in [2.24, 2.45) is 0 Å². The van der Waals surface area contributed by atoms with Gasteiger partial charge in [-0.15, -0.1) is 0 Å². The Morgan fingerprint density at radius 2 is 1.82 bits per heavy atom. The summed E-state index contributed by atoms with van der Waals surface area (Å²) in [6.07, 6.45) is 1.52. The van der Waals surface area contributed by atoms with Gasteiger partial charge in [-0.1, -0.05) is 19.1 Å². The second-order valence-electron chi connectivity index (χ2n) is 8.22. The first-order chi connectivity index (χ1) is 16.3. The van der Waals surface area contributed by atoms with Crippen LogP contribution in [0.2, 0.25) is 0 Å². The van der Waals surface area contributed by atoms with Crippen molar-refractivity contribution in [2.75, 3.05) is 25.1 Å². The summed E-state index contributed by atoms with van der Waals surface area (Å²) in [6.45, 7) is 6.60. The molecule has 1 aliphatic rings. The molecule has 9 nitrogen and oxygen atoms in total. The number of nitro benzene ring substituents is 1. The maximum atomic E-state index is 13.6. The highest BCUT2D eigenvalue weighted by atomic mass is 16.6. The van der Waals surface area contributed by atoms with Gasteiger partial charge in [0.15, 0.2) is 0 Å². The van der Waals surface area contributed by atoms with Gasteiger partial charge in [0, 0.05) is 31.0 Å². The molecule has 0 bridgehead atoms. The number of ether oxygens (including phenoxy) is 3. The van der Waals surface area contributed by atoms with Gasteiger partial charge in [-0.05, 0) is 56.9 Å². The maximum absolute atomic E-state index is 13.6. The minimum Gasteiger partial charge on any atom is -0.490 e. The maximum Gasteiger partial charge on any atom is 0.341 e. The Morgan fingerprint density at radius 1 is 1.15 bits per heavy atom. The van der Waals surface area contributed by atoms with Gasteiger partial charge in [-0.2, -0.15) is 0 Å². The molecule has 0 spiro atoms. The van der Waals surface area contributed by atoms with E-state index < -0.39 is 16.3 Å². The molecule has 9 heteroatoms. The number of esters is 1. The summed E-state index contributed by atoms with van der Waals surface area (Å²) in [4.78, 5) is 36.7. The number of amides is 1. The fourth-order valence-corrected chi connectivity index (χ4v) is 3.90. The second kappa shape index (κ2) is 11.1. The Balaban J connectivity index is 1.92. The Labute approximate surface area is 198 Å². The number of hydrogen-bond acceptors (Lipinski definition) is 7. The van der Waals surface area contributed by atoms with Gasteiger partial charge in [0.1, 0.15) is 11.3 Å². The highest BCUT2D eigenvalue weighted by Gasteiger charge is 2.42. The van der Waals surface area contributed by atoms with Gasteiger partial charge in [-0.3, -0.25) is 14.9 Å². The average Bonchev–Trinajstić information content (AvgIpc) is 2.85. The van der Waals surface area contributed by atoms with E-state index in [-0.39, 0.29) is 29.9 Å². The highest BCUT2D eigenvalue weighted by Crippen LogP contribution is 2.37. The average molecular weight is 471 g/mol. The molecule has 1 unspecified atom stereocenters. The first-order valence-corrected chi connectivity index (χ1v) is 11.4. The van der Waals surface area contributed by atoms with Crippen LogP contribution < -0.4 is 10.1 Å². The lowest BCUT2D eigenvalue weighted by atomic mass is 9.73. The number of anilines is 1. The van der Waals surface area contributed by atoms with Crippen molar-refractivity contribution >= 4 is 23.3 Å². The quantitative estimate of drug-likeness (QED) is 0.322. The molecule has 3 rings (SSSR count). The van der Waals surface area contributed by atoms with Crippen molar-refractivity contribution in [2.45, 2.75) is 51.6 Å². The molecule has 0 aromatic heterocycles. The molecule has 0 radical (unpaired) electrons. The molecule has 1 atom stereocenters. The molecule has 182 valence electrons. The Morgan fingerprint density at radius 3 is 2.41 bits per heavy atom. The summed E-state index contributed by atoms with van der Waals surface area (Å²) in [5, 5.41) is 14.0. The van der Waals surface area contributed by atoms with Gasteiger partial charge < -0.3 is 19.5 Å². The SMILES string of the molecule is CCOC(=O)c1cc(NC(=O)C2(c3ccc([N+](=O)[O-])cc3)CCOCC2)ccc1OC(C)CC. The Kier molecular flexibility index (Phi) is 8.22. The molecule has 1 amide bonds. The van der Waals surface area contributed by atoms with E-state index in [0.717, 1.165) is 6.42 Å². The standard InChI is InChI=1S/C25H30N2O7/c1-4-17(3)34-22-11-8-19(16-21(22)23(28)33-5-2)26-24(29)25(12-14-32-15-13-25)18-6-9-20(10-7-18)27(30)31/h6-11,16-17H,4-5,12-15H2,1-3H3,(H,26,29). The van der Waals surface area contributed by atoms with Crippen LogP contribution in [-0.2, 0) is 19.7 Å². The van der Waals surface area contributed by atoms with E-state index in [1.807, 2.05) is 13.8 Å². The van der Waals surface area contributed by atoms with E-state index in [2.05, 4.69) is 5.32 Å². The van der Waals surface area contributed by atoms with E-state index in [9.17, 15) is 19.7 Å². The van der Waals surface area contributed by atoms with E-state index in [1.165, 1.54) is 12.1 Å². The molecular weight excluding hydrogens is 440 g/mol. The van der Waals surface area contributed by atoms with Crippen LogP contribution in [0.1, 0.15) is 56.0 Å².